The summed E-state index contributed by atoms with van der Waals surface area (Å²) in [7, 11) is -3.63. The van der Waals surface area contributed by atoms with Crippen LogP contribution in [0.4, 0.5) is 4.39 Å². The monoisotopic (exact) mass is 381 g/mol. The maximum Gasteiger partial charge on any atom is 0.316 e. The highest BCUT2D eigenvalue weighted by molar-refractivity contribution is 7.89. The summed E-state index contributed by atoms with van der Waals surface area (Å²) >= 11 is 0. The molecule has 0 amide bonds. The molecule has 2 aromatic rings. The molecular weight excluding hydrogens is 361 g/mol. The van der Waals surface area contributed by atoms with Crippen molar-refractivity contribution in [2.45, 2.75) is 30.8 Å². The molecule has 1 saturated heterocycles. The lowest BCUT2D eigenvalue weighted by atomic mass is 10.1. The van der Waals surface area contributed by atoms with Gasteiger partial charge in [0, 0.05) is 6.54 Å². The Bertz CT molecular complexity index is 828. The van der Waals surface area contributed by atoms with Crippen LogP contribution in [-0.4, -0.2) is 48.5 Å². The number of ether oxygens (including phenoxy) is 2. The number of aromatic nitrogens is 2. The lowest BCUT2D eigenvalue weighted by Crippen LogP contribution is -2.44. The van der Waals surface area contributed by atoms with Crippen LogP contribution in [0.5, 0.6) is 11.8 Å². The van der Waals surface area contributed by atoms with Gasteiger partial charge in [-0.2, -0.15) is 4.31 Å². The van der Waals surface area contributed by atoms with Gasteiger partial charge in [-0.25, -0.2) is 22.8 Å². The fourth-order valence-corrected chi connectivity index (χ4v) is 4.26. The summed E-state index contributed by atoms with van der Waals surface area (Å²) in [5.74, 6) is 0.0699. The minimum atomic E-state index is -3.63. The van der Waals surface area contributed by atoms with E-state index in [1.165, 1.54) is 16.4 Å². The van der Waals surface area contributed by atoms with Crippen molar-refractivity contribution in [1.82, 2.24) is 14.3 Å². The smallest absolute Gasteiger partial charge is 0.316 e. The van der Waals surface area contributed by atoms with E-state index in [0.29, 0.717) is 31.7 Å². The normalized spacial score (nSPS) is 18.5. The van der Waals surface area contributed by atoms with Gasteiger partial charge < -0.3 is 9.47 Å². The Morgan fingerprint density at radius 3 is 2.58 bits per heavy atom. The predicted molar refractivity (Wildman–Crippen MR) is 92.0 cm³/mol. The van der Waals surface area contributed by atoms with Crippen molar-refractivity contribution < 1.29 is 22.3 Å². The second kappa shape index (κ2) is 7.96. The molecule has 26 heavy (non-hydrogen) atoms. The van der Waals surface area contributed by atoms with Gasteiger partial charge in [0.2, 0.25) is 10.0 Å². The number of hydrogen-bond acceptors (Lipinski definition) is 6. The zero-order valence-electron chi connectivity index (χ0n) is 14.3. The molecule has 7 nitrogen and oxygen atoms in total. The average molecular weight is 381 g/mol. The number of sulfonamides is 1. The fraction of sp³-hybridized carbons (Fsp3) is 0.412. The van der Waals surface area contributed by atoms with Gasteiger partial charge in [-0.15, -0.1) is 0 Å². The van der Waals surface area contributed by atoms with Crippen LogP contribution in [0, 0.1) is 5.82 Å². The molecule has 1 aromatic heterocycles. The summed E-state index contributed by atoms with van der Waals surface area (Å²) in [5, 5.41) is 0. The lowest BCUT2D eigenvalue weighted by Gasteiger charge is -2.31. The van der Waals surface area contributed by atoms with Gasteiger partial charge in [0.1, 0.15) is 11.9 Å². The Morgan fingerprint density at radius 1 is 1.23 bits per heavy atom. The highest BCUT2D eigenvalue weighted by atomic mass is 32.2. The molecule has 1 aliphatic rings. The molecule has 0 spiro atoms. The first-order valence-electron chi connectivity index (χ1n) is 8.36. The summed E-state index contributed by atoms with van der Waals surface area (Å²) in [6.45, 7) is 2.99. The van der Waals surface area contributed by atoms with E-state index in [1.54, 1.807) is 12.1 Å². The molecule has 2 heterocycles. The summed E-state index contributed by atoms with van der Waals surface area (Å²) in [6, 6.07) is 6.39. The average Bonchev–Trinajstić information content (AvgIpc) is 2.65. The fourth-order valence-electron chi connectivity index (χ4n) is 2.75. The Labute approximate surface area is 151 Å². The van der Waals surface area contributed by atoms with Gasteiger partial charge in [-0.3, -0.25) is 0 Å². The van der Waals surface area contributed by atoms with E-state index in [9.17, 15) is 12.8 Å². The van der Waals surface area contributed by atoms with Crippen LogP contribution in [0.1, 0.15) is 19.8 Å². The molecule has 1 fully saturated rings. The topological polar surface area (TPSA) is 81.6 Å². The Hall–Kier alpha value is -2.26. The van der Waals surface area contributed by atoms with E-state index >= 15 is 0 Å². The largest absolute Gasteiger partial charge is 0.494 e. The number of benzene rings is 1. The van der Waals surface area contributed by atoms with Crippen molar-refractivity contribution in [2.24, 2.45) is 0 Å². The van der Waals surface area contributed by atoms with Crippen LogP contribution in [-0.2, 0) is 10.0 Å². The quantitative estimate of drug-likeness (QED) is 0.763. The molecule has 9 heteroatoms. The third kappa shape index (κ3) is 4.28. The maximum absolute atomic E-state index is 12.9. The number of piperidine rings is 1. The molecule has 1 unspecified atom stereocenters. The van der Waals surface area contributed by atoms with Crippen molar-refractivity contribution in [2.75, 3.05) is 19.7 Å². The molecule has 0 N–H and O–H groups in total. The van der Waals surface area contributed by atoms with E-state index in [0.717, 1.165) is 12.4 Å². The van der Waals surface area contributed by atoms with Crippen molar-refractivity contribution in [3.63, 3.8) is 0 Å². The van der Waals surface area contributed by atoms with E-state index in [4.69, 9.17) is 9.47 Å². The number of nitrogens with zero attached hydrogens (tertiary/aromatic N) is 3. The third-order valence-electron chi connectivity index (χ3n) is 3.98. The first-order valence-corrected chi connectivity index (χ1v) is 9.80. The van der Waals surface area contributed by atoms with Crippen molar-refractivity contribution >= 4 is 10.0 Å². The molecule has 0 saturated carbocycles. The summed E-state index contributed by atoms with van der Waals surface area (Å²) in [6.07, 6.45) is 2.98. The van der Waals surface area contributed by atoms with Gasteiger partial charge >= 0.3 is 6.01 Å². The van der Waals surface area contributed by atoms with E-state index < -0.39 is 15.8 Å². The van der Waals surface area contributed by atoms with Crippen LogP contribution in [0.15, 0.2) is 41.6 Å². The minimum absolute atomic E-state index is 0.0386. The van der Waals surface area contributed by atoms with Crippen LogP contribution in [0.2, 0.25) is 0 Å². The Morgan fingerprint density at radius 2 is 1.92 bits per heavy atom. The molecule has 0 radical (unpaired) electrons. The third-order valence-corrected chi connectivity index (χ3v) is 5.86. The summed E-state index contributed by atoms with van der Waals surface area (Å²) in [5.41, 5.74) is 0. The zero-order chi connectivity index (χ0) is 18.6. The second-order valence-corrected chi connectivity index (χ2v) is 7.77. The predicted octanol–water partition coefficient (Wildman–Crippen LogP) is 2.25. The molecule has 0 bridgehead atoms. The van der Waals surface area contributed by atoms with E-state index in [1.807, 2.05) is 6.92 Å². The van der Waals surface area contributed by atoms with Gasteiger partial charge in [0.25, 0.3) is 0 Å². The molecule has 3 rings (SSSR count). The van der Waals surface area contributed by atoms with Crippen molar-refractivity contribution in [1.29, 1.82) is 0 Å². The number of hydrogen-bond donors (Lipinski definition) is 0. The molecular formula is C17H20FN3O4S. The highest BCUT2D eigenvalue weighted by Gasteiger charge is 2.31. The second-order valence-electron chi connectivity index (χ2n) is 5.83. The molecule has 1 aromatic carbocycles. The minimum Gasteiger partial charge on any atom is -0.494 e. The summed E-state index contributed by atoms with van der Waals surface area (Å²) in [4.78, 5) is 7.72. The Balaban J connectivity index is 1.70. The molecule has 0 aliphatic carbocycles. The first kappa shape index (κ1) is 18.5. The van der Waals surface area contributed by atoms with E-state index in [2.05, 4.69) is 9.97 Å². The summed E-state index contributed by atoms with van der Waals surface area (Å²) < 4.78 is 50.9. The van der Waals surface area contributed by atoms with Gasteiger partial charge in [-0.05, 0) is 44.0 Å². The highest BCUT2D eigenvalue weighted by Crippen LogP contribution is 2.24. The first-order chi connectivity index (χ1) is 12.5. The van der Waals surface area contributed by atoms with Crippen LogP contribution >= 0.6 is 0 Å². The van der Waals surface area contributed by atoms with E-state index in [-0.39, 0.29) is 23.6 Å². The van der Waals surface area contributed by atoms with Crippen LogP contribution < -0.4 is 9.47 Å². The molecule has 1 atom stereocenters. The van der Waals surface area contributed by atoms with Gasteiger partial charge in [0.15, 0.2) is 5.82 Å². The maximum atomic E-state index is 12.9. The Kier molecular flexibility index (Phi) is 5.67. The van der Waals surface area contributed by atoms with Crippen molar-refractivity contribution in [3.05, 3.63) is 42.5 Å². The lowest BCUT2D eigenvalue weighted by molar-refractivity contribution is 0.119. The van der Waals surface area contributed by atoms with Crippen LogP contribution in [0.3, 0.4) is 0 Å². The standard InChI is InChI=1S/C17H20FN3O4S/c1-2-24-14-5-7-16(8-6-14)26(22,23)21-9-3-4-15(12-21)25-17-19-10-13(18)11-20-17/h5-8,10-11,15H,2-4,9,12H2,1H3. The number of rotatable bonds is 6. The van der Waals surface area contributed by atoms with Crippen molar-refractivity contribution in [3.8, 4) is 11.8 Å². The SMILES string of the molecule is CCOc1ccc(S(=O)(=O)N2CCCC(Oc3ncc(F)cn3)C2)cc1. The molecule has 1 aliphatic heterocycles. The van der Waals surface area contributed by atoms with Crippen LogP contribution in [0.25, 0.3) is 0 Å². The molecule has 140 valence electrons. The van der Waals surface area contributed by atoms with Gasteiger partial charge in [0.05, 0.1) is 30.4 Å². The van der Waals surface area contributed by atoms with Gasteiger partial charge in [-0.1, -0.05) is 0 Å². The number of halogens is 1. The zero-order valence-corrected chi connectivity index (χ0v) is 15.2.